The van der Waals surface area contributed by atoms with Gasteiger partial charge in [0.05, 0.1) is 5.56 Å². The Labute approximate surface area is 108 Å². The topological polar surface area (TPSA) is 54.5 Å². The van der Waals surface area contributed by atoms with E-state index in [1.54, 1.807) is 12.1 Å². The number of hydrogen-bond acceptors (Lipinski definition) is 4. The molecule has 17 heavy (non-hydrogen) atoms. The molecule has 1 aromatic heterocycles. The van der Waals surface area contributed by atoms with Crippen molar-refractivity contribution in [3.63, 3.8) is 0 Å². The van der Waals surface area contributed by atoms with Crippen LogP contribution in [0.15, 0.2) is 28.3 Å². The highest BCUT2D eigenvalue weighted by atomic mass is 35.5. The number of nitrogens with zero attached hydrogens (tertiary/aromatic N) is 4. The van der Waals surface area contributed by atoms with Crippen molar-refractivity contribution in [2.24, 2.45) is 7.05 Å². The van der Waals surface area contributed by atoms with Crippen LogP contribution in [0.25, 0.3) is 0 Å². The third-order valence-corrected chi connectivity index (χ3v) is 3.67. The zero-order valence-electron chi connectivity index (χ0n) is 9.31. The van der Waals surface area contributed by atoms with Crippen LogP contribution in [0.3, 0.4) is 0 Å². The lowest BCUT2D eigenvalue weighted by atomic mass is 10.2. The summed E-state index contributed by atoms with van der Waals surface area (Å²) in [5.74, 6) is 0.833. The van der Waals surface area contributed by atoms with Crippen LogP contribution in [0.2, 0.25) is 5.02 Å². The van der Waals surface area contributed by atoms with Gasteiger partial charge in [-0.15, -0.1) is 10.2 Å². The number of aryl methyl sites for hydroxylation is 1. The Morgan fingerprint density at radius 1 is 1.41 bits per heavy atom. The van der Waals surface area contributed by atoms with Crippen molar-refractivity contribution < 1.29 is 0 Å². The summed E-state index contributed by atoms with van der Waals surface area (Å²) in [6.45, 7) is 1.88. The number of rotatable bonds is 2. The quantitative estimate of drug-likeness (QED) is 0.837. The molecule has 1 heterocycles. The molecule has 2 rings (SSSR count). The smallest absolute Gasteiger partial charge is 0.195 e. The Hall–Kier alpha value is -1.51. The van der Waals surface area contributed by atoms with Gasteiger partial charge in [0.2, 0.25) is 0 Å². The Balaban J connectivity index is 2.37. The molecule has 0 radical (unpaired) electrons. The van der Waals surface area contributed by atoms with Gasteiger partial charge in [0.25, 0.3) is 0 Å². The highest BCUT2D eigenvalue weighted by molar-refractivity contribution is 7.99. The van der Waals surface area contributed by atoms with Gasteiger partial charge in [-0.25, -0.2) is 0 Å². The Bertz CT molecular complexity index is 600. The molecule has 0 atom stereocenters. The Kier molecular flexibility index (Phi) is 3.36. The molecule has 0 aliphatic heterocycles. The summed E-state index contributed by atoms with van der Waals surface area (Å²) < 4.78 is 1.88. The summed E-state index contributed by atoms with van der Waals surface area (Å²) in [7, 11) is 1.89. The molecular weight excluding hydrogens is 256 g/mol. The highest BCUT2D eigenvalue weighted by Gasteiger charge is 2.10. The largest absolute Gasteiger partial charge is 0.309 e. The van der Waals surface area contributed by atoms with Crippen molar-refractivity contribution in [2.45, 2.75) is 17.0 Å². The average Bonchev–Trinajstić information content (AvgIpc) is 2.63. The molecule has 6 heteroatoms. The second kappa shape index (κ2) is 4.78. The molecule has 0 spiro atoms. The first-order valence-electron chi connectivity index (χ1n) is 4.85. The van der Waals surface area contributed by atoms with Gasteiger partial charge in [0.1, 0.15) is 11.9 Å². The van der Waals surface area contributed by atoms with E-state index in [0.29, 0.717) is 10.6 Å². The van der Waals surface area contributed by atoms with Crippen LogP contribution in [-0.2, 0) is 7.05 Å². The second-order valence-corrected chi connectivity index (χ2v) is 4.89. The van der Waals surface area contributed by atoms with Gasteiger partial charge >= 0.3 is 0 Å². The van der Waals surface area contributed by atoms with Crippen LogP contribution in [0.1, 0.15) is 11.4 Å². The molecule has 4 nitrogen and oxygen atoms in total. The molecule has 86 valence electrons. The molecule has 0 unspecified atom stereocenters. The van der Waals surface area contributed by atoms with Crippen LogP contribution in [0.5, 0.6) is 0 Å². The van der Waals surface area contributed by atoms with Gasteiger partial charge in [-0.2, -0.15) is 5.26 Å². The summed E-state index contributed by atoms with van der Waals surface area (Å²) in [6, 6.07) is 7.34. The van der Waals surface area contributed by atoms with Gasteiger partial charge in [0.15, 0.2) is 5.16 Å². The van der Waals surface area contributed by atoms with E-state index in [1.807, 2.05) is 24.6 Å². The molecule has 0 saturated heterocycles. The van der Waals surface area contributed by atoms with Crippen molar-refractivity contribution in [1.29, 1.82) is 5.26 Å². The fraction of sp³-hybridized carbons (Fsp3) is 0.182. The maximum Gasteiger partial charge on any atom is 0.195 e. The van der Waals surface area contributed by atoms with Crippen LogP contribution in [0.4, 0.5) is 0 Å². The fourth-order valence-electron chi connectivity index (χ4n) is 1.25. The summed E-state index contributed by atoms with van der Waals surface area (Å²) in [4.78, 5) is 0.826. The monoisotopic (exact) mass is 264 g/mol. The normalized spacial score (nSPS) is 10.2. The van der Waals surface area contributed by atoms with E-state index >= 15 is 0 Å². The lowest BCUT2D eigenvalue weighted by Gasteiger charge is -2.03. The van der Waals surface area contributed by atoms with Crippen molar-refractivity contribution in [3.8, 4) is 6.07 Å². The van der Waals surface area contributed by atoms with Crippen LogP contribution in [-0.4, -0.2) is 14.8 Å². The van der Waals surface area contributed by atoms with Gasteiger partial charge in [-0.1, -0.05) is 11.6 Å². The molecule has 0 bridgehead atoms. The maximum absolute atomic E-state index is 9.03. The van der Waals surface area contributed by atoms with E-state index in [2.05, 4.69) is 16.3 Å². The standard InChI is InChI=1S/C11H9ClN4S/c1-7-14-15-11(16(7)2)17-10-4-3-9(12)5-8(10)6-13/h3-5H,1-2H3. The zero-order chi connectivity index (χ0) is 12.4. The number of benzene rings is 1. The molecule has 0 aliphatic carbocycles. The molecule has 2 aromatic rings. The predicted molar refractivity (Wildman–Crippen MR) is 66.0 cm³/mol. The first kappa shape index (κ1) is 12.0. The summed E-state index contributed by atoms with van der Waals surface area (Å²) >= 11 is 7.24. The molecule has 0 aliphatic rings. The van der Waals surface area contributed by atoms with E-state index in [1.165, 1.54) is 11.8 Å². The van der Waals surface area contributed by atoms with Gasteiger partial charge in [-0.05, 0) is 36.9 Å². The van der Waals surface area contributed by atoms with E-state index in [0.717, 1.165) is 15.9 Å². The lowest BCUT2D eigenvalue weighted by molar-refractivity contribution is 0.765. The van der Waals surface area contributed by atoms with Crippen molar-refractivity contribution >= 4 is 23.4 Å². The lowest BCUT2D eigenvalue weighted by Crippen LogP contribution is -1.93. The average molecular weight is 265 g/mol. The second-order valence-electron chi connectivity index (χ2n) is 3.44. The third-order valence-electron chi connectivity index (χ3n) is 2.32. The van der Waals surface area contributed by atoms with Crippen LogP contribution < -0.4 is 0 Å². The minimum absolute atomic E-state index is 0.545. The summed E-state index contributed by atoms with van der Waals surface area (Å²) in [6.07, 6.45) is 0. The van der Waals surface area contributed by atoms with Crippen molar-refractivity contribution in [2.75, 3.05) is 0 Å². The van der Waals surface area contributed by atoms with Crippen LogP contribution in [0, 0.1) is 18.3 Å². The number of aromatic nitrogens is 3. The predicted octanol–water partition coefficient (Wildman–Crippen LogP) is 2.80. The zero-order valence-corrected chi connectivity index (χ0v) is 10.9. The summed E-state index contributed by atoms with van der Waals surface area (Å²) in [5, 5.41) is 18.3. The Morgan fingerprint density at radius 3 is 2.76 bits per heavy atom. The number of halogens is 1. The first-order chi connectivity index (χ1) is 8.11. The number of nitriles is 1. The molecule has 0 fully saturated rings. The van der Waals surface area contributed by atoms with Gasteiger partial charge in [0, 0.05) is 17.0 Å². The van der Waals surface area contributed by atoms with E-state index < -0.39 is 0 Å². The highest BCUT2D eigenvalue weighted by Crippen LogP contribution is 2.30. The third kappa shape index (κ3) is 2.43. The number of hydrogen-bond donors (Lipinski definition) is 0. The van der Waals surface area contributed by atoms with Crippen molar-refractivity contribution in [3.05, 3.63) is 34.6 Å². The maximum atomic E-state index is 9.03. The Morgan fingerprint density at radius 2 is 2.18 bits per heavy atom. The van der Waals surface area contributed by atoms with E-state index in [-0.39, 0.29) is 0 Å². The molecule has 0 N–H and O–H groups in total. The molecule has 1 aromatic carbocycles. The molecule has 0 amide bonds. The SMILES string of the molecule is Cc1nnc(Sc2ccc(Cl)cc2C#N)n1C. The van der Waals surface area contributed by atoms with Crippen molar-refractivity contribution in [1.82, 2.24) is 14.8 Å². The minimum atomic E-state index is 0.545. The van der Waals surface area contributed by atoms with Crippen LogP contribution >= 0.6 is 23.4 Å². The first-order valence-corrected chi connectivity index (χ1v) is 6.04. The molecule has 0 saturated carbocycles. The van der Waals surface area contributed by atoms with Gasteiger partial charge < -0.3 is 4.57 Å². The molecular formula is C11H9ClN4S. The van der Waals surface area contributed by atoms with Gasteiger partial charge in [-0.3, -0.25) is 0 Å². The minimum Gasteiger partial charge on any atom is -0.309 e. The summed E-state index contributed by atoms with van der Waals surface area (Å²) in [5.41, 5.74) is 0.545. The van der Waals surface area contributed by atoms with E-state index in [4.69, 9.17) is 16.9 Å². The fourth-order valence-corrected chi connectivity index (χ4v) is 2.32. The van der Waals surface area contributed by atoms with E-state index in [9.17, 15) is 0 Å².